The molecule has 1 atom stereocenters. The van der Waals surface area contributed by atoms with Crippen LogP contribution in [-0.2, 0) is 0 Å². The lowest BCUT2D eigenvalue weighted by molar-refractivity contribution is 0.415. The van der Waals surface area contributed by atoms with Gasteiger partial charge >= 0.3 is 0 Å². The van der Waals surface area contributed by atoms with E-state index in [2.05, 4.69) is 24.4 Å². The summed E-state index contributed by atoms with van der Waals surface area (Å²) in [5.41, 5.74) is 2.22. The molecule has 22 heavy (non-hydrogen) atoms. The molecule has 3 aromatic carbocycles. The standard InChI is InChI=1S/C19H18ClNO/c1-13(21-16-7-9-17(22-2)10-8-16)15-11-14-5-3-4-6-18(14)19(20)12-15/h3-13,21H,1-2H3/t13-/m1/s1. The molecule has 0 spiro atoms. The summed E-state index contributed by atoms with van der Waals surface area (Å²) in [6.07, 6.45) is 0. The molecule has 0 amide bonds. The Kier molecular flexibility index (Phi) is 4.21. The van der Waals surface area contributed by atoms with Gasteiger partial charge in [-0.1, -0.05) is 35.9 Å². The molecule has 0 fully saturated rings. The van der Waals surface area contributed by atoms with Gasteiger partial charge in [-0.05, 0) is 54.3 Å². The van der Waals surface area contributed by atoms with E-state index >= 15 is 0 Å². The third-order valence-electron chi connectivity index (χ3n) is 3.81. The molecule has 0 unspecified atom stereocenters. The third-order valence-corrected chi connectivity index (χ3v) is 4.12. The maximum absolute atomic E-state index is 6.40. The van der Waals surface area contributed by atoms with Crippen LogP contribution in [0.25, 0.3) is 10.8 Å². The van der Waals surface area contributed by atoms with Crippen molar-refractivity contribution in [1.29, 1.82) is 0 Å². The molecular weight excluding hydrogens is 294 g/mol. The van der Waals surface area contributed by atoms with Crippen LogP contribution in [0.4, 0.5) is 5.69 Å². The number of methoxy groups -OCH3 is 1. The zero-order chi connectivity index (χ0) is 15.5. The van der Waals surface area contributed by atoms with E-state index in [1.807, 2.05) is 48.5 Å². The highest BCUT2D eigenvalue weighted by Crippen LogP contribution is 2.29. The van der Waals surface area contributed by atoms with Gasteiger partial charge in [0.1, 0.15) is 5.75 Å². The summed E-state index contributed by atoms with van der Waals surface area (Å²) in [5.74, 6) is 0.854. The lowest BCUT2D eigenvalue weighted by Crippen LogP contribution is -2.06. The van der Waals surface area contributed by atoms with Gasteiger partial charge in [0.25, 0.3) is 0 Å². The molecule has 0 aliphatic heterocycles. The van der Waals surface area contributed by atoms with Gasteiger partial charge in [-0.3, -0.25) is 0 Å². The largest absolute Gasteiger partial charge is 0.497 e. The molecule has 3 heteroatoms. The topological polar surface area (TPSA) is 21.3 Å². The fourth-order valence-corrected chi connectivity index (χ4v) is 2.85. The quantitative estimate of drug-likeness (QED) is 0.669. The molecule has 0 aliphatic carbocycles. The smallest absolute Gasteiger partial charge is 0.119 e. The highest BCUT2D eigenvalue weighted by Gasteiger charge is 2.09. The van der Waals surface area contributed by atoms with Crippen LogP contribution < -0.4 is 10.1 Å². The van der Waals surface area contributed by atoms with Crippen LogP contribution >= 0.6 is 11.6 Å². The number of rotatable bonds is 4. The van der Waals surface area contributed by atoms with E-state index in [1.54, 1.807) is 7.11 Å². The van der Waals surface area contributed by atoms with Gasteiger partial charge in [0, 0.05) is 22.1 Å². The Morgan fingerprint density at radius 2 is 1.73 bits per heavy atom. The summed E-state index contributed by atoms with van der Waals surface area (Å²) >= 11 is 6.40. The Balaban J connectivity index is 1.86. The molecule has 0 saturated carbocycles. The lowest BCUT2D eigenvalue weighted by atomic mass is 10.0. The van der Waals surface area contributed by atoms with E-state index in [0.717, 1.165) is 27.2 Å². The number of hydrogen-bond donors (Lipinski definition) is 1. The molecule has 3 rings (SSSR count). The second-order valence-electron chi connectivity index (χ2n) is 5.32. The van der Waals surface area contributed by atoms with Gasteiger partial charge in [-0.25, -0.2) is 0 Å². The zero-order valence-electron chi connectivity index (χ0n) is 12.6. The van der Waals surface area contributed by atoms with Crippen molar-refractivity contribution in [3.8, 4) is 5.75 Å². The molecule has 0 aliphatic rings. The number of anilines is 1. The van der Waals surface area contributed by atoms with E-state index in [4.69, 9.17) is 16.3 Å². The highest BCUT2D eigenvalue weighted by molar-refractivity contribution is 6.35. The summed E-state index contributed by atoms with van der Waals surface area (Å²) in [5, 5.41) is 6.52. The van der Waals surface area contributed by atoms with Crippen LogP contribution in [0, 0.1) is 0 Å². The van der Waals surface area contributed by atoms with Crippen molar-refractivity contribution in [3.05, 3.63) is 71.2 Å². The van der Waals surface area contributed by atoms with E-state index in [1.165, 1.54) is 5.56 Å². The molecule has 0 aromatic heterocycles. The minimum Gasteiger partial charge on any atom is -0.497 e. The Hall–Kier alpha value is -2.19. The van der Waals surface area contributed by atoms with Crippen molar-refractivity contribution in [1.82, 2.24) is 0 Å². The maximum Gasteiger partial charge on any atom is 0.119 e. The third kappa shape index (κ3) is 3.02. The molecule has 2 nitrogen and oxygen atoms in total. The van der Waals surface area contributed by atoms with Crippen LogP contribution in [-0.4, -0.2) is 7.11 Å². The number of hydrogen-bond acceptors (Lipinski definition) is 2. The Morgan fingerprint density at radius 1 is 1.00 bits per heavy atom. The van der Waals surface area contributed by atoms with Crippen LogP contribution in [0.5, 0.6) is 5.75 Å². The van der Waals surface area contributed by atoms with Gasteiger partial charge < -0.3 is 10.1 Å². The van der Waals surface area contributed by atoms with Crippen molar-refractivity contribution in [2.75, 3.05) is 12.4 Å². The maximum atomic E-state index is 6.40. The number of fused-ring (bicyclic) bond motifs is 1. The number of ether oxygens (including phenoxy) is 1. The predicted octanol–water partition coefficient (Wildman–Crippen LogP) is 5.67. The Bertz CT molecular complexity index is 783. The Labute approximate surface area is 135 Å². The van der Waals surface area contributed by atoms with Crippen LogP contribution in [0.1, 0.15) is 18.5 Å². The Morgan fingerprint density at radius 3 is 2.45 bits per heavy atom. The monoisotopic (exact) mass is 311 g/mol. The van der Waals surface area contributed by atoms with Gasteiger partial charge in [0.2, 0.25) is 0 Å². The number of halogens is 1. The van der Waals surface area contributed by atoms with Gasteiger partial charge in [-0.2, -0.15) is 0 Å². The fraction of sp³-hybridized carbons (Fsp3) is 0.158. The molecule has 3 aromatic rings. The summed E-state index contributed by atoms with van der Waals surface area (Å²) in [6.45, 7) is 2.13. The molecule has 112 valence electrons. The van der Waals surface area contributed by atoms with Crippen LogP contribution in [0.15, 0.2) is 60.7 Å². The first-order valence-corrected chi connectivity index (χ1v) is 7.64. The highest BCUT2D eigenvalue weighted by atomic mass is 35.5. The summed E-state index contributed by atoms with van der Waals surface area (Å²) < 4.78 is 5.18. The van der Waals surface area contributed by atoms with Gasteiger partial charge in [-0.15, -0.1) is 0 Å². The van der Waals surface area contributed by atoms with Crippen LogP contribution in [0.2, 0.25) is 5.02 Å². The predicted molar refractivity (Wildman–Crippen MR) is 94.0 cm³/mol. The van der Waals surface area contributed by atoms with Crippen LogP contribution in [0.3, 0.4) is 0 Å². The summed E-state index contributed by atoms with van der Waals surface area (Å²) in [4.78, 5) is 0. The normalized spacial score (nSPS) is 12.1. The minimum absolute atomic E-state index is 0.163. The molecule has 0 heterocycles. The van der Waals surface area contributed by atoms with E-state index in [-0.39, 0.29) is 6.04 Å². The molecule has 0 bridgehead atoms. The zero-order valence-corrected chi connectivity index (χ0v) is 13.4. The first-order chi connectivity index (χ1) is 10.7. The SMILES string of the molecule is COc1ccc(N[C@H](C)c2cc(Cl)c3ccccc3c2)cc1. The van der Waals surface area contributed by atoms with Crippen molar-refractivity contribution in [2.24, 2.45) is 0 Å². The van der Waals surface area contributed by atoms with Crippen molar-refractivity contribution in [3.63, 3.8) is 0 Å². The van der Waals surface area contributed by atoms with Crippen molar-refractivity contribution < 1.29 is 4.74 Å². The number of benzene rings is 3. The average Bonchev–Trinajstić information content (AvgIpc) is 2.55. The number of nitrogens with one attached hydrogen (secondary N) is 1. The van der Waals surface area contributed by atoms with E-state index in [9.17, 15) is 0 Å². The first kappa shape index (κ1) is 14.7. The van der Waals surface area contributed by atoms with Crippen molar-refractivity contribution >= 4 is 28.1 Å². The minimum atomic E-state index is 0.163. The second-order valence-corrected chi connectivity index (χ2v) is 5.73. The van der Waals surface area contributed by atoms with Gasteiger partial charge in [0.05, 0.1) is 7.11 Å². The van der Waals surface area contributed by atoms with Gasteiger partial charge in [0.15, 0.2) is 0 Å². The second kappa shape index (κ2) is 6.29. The molecule has 0 radical (unpaired) electrons. The molecule has 0 saturated heterocycles. The van der Waals surface area contributed by atoms with E-state index < -0.39 is 0 Å². The van der Waals surface area contributed by atoms with Crippen molar-refractivity contribution in [2.45, 2.75) is 13.0 Å². The van der Waals surface area contributed by atoms with E-state index in [0.29, 0.717) is 0 Å². The molecular formula is C19H18ClNO. The lowest BCUT2D eigenvalue weighted by Gasteiger charge is -2.17. The summed E-state index contributed by atoms with van der Waals surface area (Å²) in [6, 6.07) is 20.5. The fourth-order valence-electron chi connectivity index (χ4n) is 2.56. The molecule has 1 N–H and O–H groups in total. The first-order valence-electron chi connectivity index (χ1n) is 7.26. The summed E-state index contributed by atoms with van der Waals surface area (Å²) in [7, 11) is 1.67. The average molecular weight is 312 g/mol.